The summed E-state index contributed by atoms with van der Waals surface area (Å²) in [6.07, 6.45) is 0. The van der Waals surface area contributed by atoms with Gasteiger partial charge in [0.2, 0.25) is 5.91 Å². The monoisotopic (exact) mass is 247 g/mol. The maximum atomic E-state index is 12.1. The van der Waals surface area contributed by atoms with Gasteiger partial charge in [-0.15, -0.1) is 0 Å². The van der Waals surface area contributed by atoms with Crippen molar-refractivity contribution in [2.75, 3.05) is 18.4 Å². The van der Waals surface area contributed by atoms with Crippen molar-refractivity contribution in [3.8, 4) is 0 Å². The lowest BCUT2D eigenvalue weighted by Crippen LogP contribution is -2.29. The number of hydrogen-bond donors (Lipinski definition) is 3. The predicted octanol–water partition coefficient (Wildman–Crippen LogP) is 0.579. The summed E-state index contributed by atoms with van der Waals surface area (Å²) in [6, 6.07) is 6.77. The third-order valence-electron chi connectivity index (χ3n) is 3.30. The maximum Gasteiger partial charge on any atom is 0.250 e. The Morgan fingerprint density at radius 1 is 1.33 bits per heavy atom. The van der Waals surface area contributed by atoms with Crippen LogP contribution < -0.4 is 16.4 Å². The molecule has 5 heteroatoms. The smallest absolute Gasteiger partial charge is 0.250 e. The first-order valence-corrected chi connectivity index (χ1v) is 6.00. The Kier molecular flexibility index (Phi) is 3.62. The molecule has 2 unspecified atom stereocenters. The lowest BCUT2D eigenvalue weighted by molar-refractivity contribution is -0.120. The SMILES string of the molecule is CC1CNCC1C(=O)Nc1ccccc1C(N)=O. The summed E-state index contributed by atoms with van der Waals surface area (Å²) in [7, 11) is 0. The van der Waals surface area contributed by atoms with Gasteiger partial charge in [-0.05, 0) is 24.6 Å². The van der Waals surface area contributed by atoms with Gasteiger partial charge in [-0.1, -0.05) is 19.1 Å². The molecule has 1 aromatic carbocycles. The molecule has 1 aliphatic rings. The Morgan fingerprint density at radius 3 is 2.67 bits per heavy atom. The average Bonchev–Trinajstić information content (AvgIpc) is 2.76. The van der Waals surface area contributed by atoms with E-state index in [1.54, 1.807) is 24.3 Å². The Balaban J connectivity index is 2.14. The van der Waals surface area contributed by atoms with Crippen molar-refractivity contribution >= 4 is 17.5 Å². The van der Waals surface area contributed by atoms with E-state index in [-0.39, 0.29) is 11.8 Å². The largest absolute Gasteiger partial charge is 0.366 e. The molecule has 2 rings (SSSR count). The summed E-state index contributed by atoms with van der Waals surface area (Å²) in [5, 5.41) is 5.96. The molecule has 5 nitrogen and oxygen atoms in total. The van der Waals surface area contributed by atoms with Crippen LogP contribution in [0.2, 0.25) is 0 Å². The van der Waals surface area contributed by atoms with E-state index in [1.165, 1.54) is 0 Å². The van der Waals surface area contributed by atoms with E-state index in [0.717, 1.165) is 6.54 Å². The van der Waals surface area contributed by atoms with Crippen molar-refractivity contribution in [2.24, 2.45) is 17.6 Å². The first-order valence-electron chi connectivity index (χ1n) is 6.00. The number of rotatable bonds is 3. The Hall–Kier alpha value is -1.88. The van der Waals surface area contributed by atoms with Gasteiger partial charge in [-0.2, -0.15) is 0 Å². The molecule has 0 saturated carbocycles. The fraction of sp³-hybridized carbons (Fsp3) is 0.385. The molecule has 1 heterocycles. The van der Waals surface area contributed by atoms with Crippen molar-refractivity contribution in [1.82, 2.24) is 5.32 Å². The van der Waals surface area contributed by atoms with Crippen molar-refractivity contribution in [3.63, 3.8) is 0 Å². The molecular weight excluding hydrogens is 230 g/mol. The molecule has 96 valence electrons. The molecule has 4 N–H and O–H groups in total. The van der Waals surface area contributed by atoms with Gasteiger partial charge >= 0.3 is 0 Å². The number of carbonyl (C=O) groups excluding carboxylic acids is 2. The van der Waals surface area contributed by atoms with E-state index in [9.17, 15) is 9.59 Å². The Morgan fingerprint density at radius 2 is 2.06 bits per heavy atom. The minimum atomic E-state index is -0.538. The number of nitrogens with one attached hydrogen (secondary N) is 2. The molecule has 0 bridgehead atoms. The zero-order valence-electron chi connectivity index (χ0n) is 10.3. The maximum absolute atomic E-state index is 12.1. The average molecular weight is 247 g/mol. The van der Waals surface area contributed by atoms with Crippen molar-refractivity contribution in [3.05, 3.63) is 29.8 Å². The summed E-state index contributed by atoms with van der Waals surface area (Å²) in [5.74, 6) is -0.374. The second-order valence-corrected chi connectivity index (χ2v) is 4.64. The van der Waals surface area contributed by atoms with Gasteiger partial charge < -0.3 is 16.4 Å². The number of nitrogens with two attached hydrogens (primary N) is 1. The quantitative estimate of drug-likeness (QED) is 0.730. The van der Waals surface area contributed by atoms with Gasteiger partial charge in [0.05, 0.1) is 17.2 Å². The lowest BCUT2D eigenvalue weighted by atomic mass is 9.97. The lowest BCUT2D eigenvalue weighted by Gasteiger charge is -2.15. The van der Waals surface area contributed by atoms with Crippen LogP contribution in [0, 0.1) is 11.8 Å². The van der Waals surface area contributed by atoms with Crippen LogP contribution in [0.15, 0.2) is 24.3 Å². The predicted molar refractivity (Wildman–Crippen MR) is 69.1 cm³/mol. The summed E-state index contributed by atoms with van der Waals surface area (Å²) in [6.45, 7) is 3.55. The molecule has 2 amide bonds. The summed E-state index contributed by atoms with van der Waals surface area (Å²) < 4.78 is 0. The van der Waals surface area contributed by atoms with E-state index in [1.807, 2.05) is 6.92 Å². The van der Waals surface area contributed by atoms with Crippen LogP contribution in [0.5, 0.6) is 0 Å². The highest BCUT2D eigenvalue weighted by atomic mass is 16.2. The van der Waals surface area contributed by atoms with Crippen LogP contribution in [0.4, 0.5) is 5.69 Å². The molecule has 2 atom stereocenters. The zero-order chi connectivity index (χ0) is 13.1. The molecule has 0 aliphatic carbocycles. The standard InChI is InChI=1S/C13H17N3O2/c1-8-6-15-7-10(8)13(18)16-11-5-3-2-4-9(11)12(14)17/h2-5,8,10,15H,6-7H2,1H3,(H2,14,17)(H,16,18). The Bertz CT molecular complexity index is 473. The van der Waals surface area contributed by atoms with Crippen LogP contribution >= 0.6 is 0 Å². The number of para-hydroxylation sites is 1. The number of amides is 2. The first-order chi connectivity index (χ1) is 8.59. The molecule has 18 heavy (non-hydrogen) atoms. The second kappa shape index (κ2) is 5.18. The van der Waals surface area contributed by atoms with Crippen molar-refractivity contribution < 1.29 is 9.59 Å². The van der Waals surface area contributed by atoms with E-state index in [4.69, 9.17) is 5.73 Å². The zero-order valence-corrected chi connectivity index (χ0v) is 10.3. The van der Waals surface area contributed by atoms with Gasteiger partial charge in [0, 0.05) is 6.54 Å². The second-order valence-electron chi connectivity index (χ2n) is 4.64. The number of primary amides is 1. The molecular formula is C13H17N3O2. The molecule has 1 aliphatic heterocycles. The first kappa shape index (κ1) is 12.6. The molecule has 1 aromatic rings. The van der Waals surface area contributed by atoms with Crippen LogP contribution in [0.25, 0.3) is 0 Å². The van der Waals surface area contributed by atoms with Gasteiger partial charge in [-0.25, -0.2) is 0 Å². The fourth-order valence-corrected chi connectivity index (χ4v) is 2.19. The van der Waals surface area contributed by atoms with Crippen LogP contribution in [0.1, 0.15) is 17.3 Å². The van der Waals surface area contributed by atoms with Crippen LogP contribution in [-0.2, 0) is 4.79 Å². The van der Waals surface area contributed by atoms with Crippen molar-refractivity contribution in [1.29, 1.82) is 0 Å². The highest BCUT2D eigenvalue weighted by Crippen LogP contribution is 2.20. The summed E-state index contributed by atoms with van der Waals surface area (Å²) in [4.78, 5) is 23.3. The van der Waals surface area contributed by atoms with E-state index in [0.29, 0.717) is 23.7 Å². The highest BCUT2D eigenvalue weighted by Gasteiger charge is 2.29. The van der Waals surface area contributed by atoms with Gasteiger partial charge in [0.25, 0.3) is 5.91 Å². The van der Waals surface area contributed by atoms with Gasteiger partial charge in [0.15, 0.2) is 0 Å². The van der Waals surface area contributed by atoms with E-state index in [2.05, 4.69) is 10.6 Å². The minimum Gasteiger partial charge on any atom is -0.366 e. The van der Waals surface area contributed by atoms with Crippen molar-refractivity contribution in [2.45, 2.75) is 6.92 Å². The summed E-state index contributed by atoms with van der Waals surface area (Å²) in [5.41, 5.74) is 6.09. The topological polar surface area (TPSA) is 84.2 Å². The third kappa shape index (κ3) is 2.51. The fourth-order valence-electron chi connectivity index (χ4n) is 2.19. The van der Waals surface area contributed by atoms with Gasteiger partial charge in [0.1, 0.15) is 0 Å². The summed E-state index contributed by atoms with van der Waals surface area (Å²) >= 11 is 0. The van der Waals surface area contributed by atoms with Crippen LogP contribution in [-0.4, -0.2) is 24.9 Å². The van der Waals surface area contributed by atoms with E-state index >= 15 is 0 Å². The van der Waals surface area contributed by atoms with Crippen LogP contribution in [0.3, 0.4) is 0 Å². The Labute approximate surface area is 106 Å². The third-order valence-corrected chi connectivity index (χ3v) is 3.30. The van der Waals surface area contributed by atoms with E-state index < -0.39 is 5.91 Å². The van der Waals surface area contributed by atoms with Gasteiger partial charge in [-0.3, -0.25) is 9.59 Å². The number of anilines is 1. The molecule has 1 saturated heterocycles. The molecule has 0 aromatic heterocycles. The number of carbonyl (C=O) groups is 2. The number of benzene rings is 1. The molecule has 0 radical (unpaired) electrons. The molecule has 0 spiro atoms. The highest BCUT2D eigenvalue weighted by molar-refractivity contribution is 6.03. The number of hydrogen-bond acceptors (Lipinski definition) is 3. The molecule has 1 fully saturated rings. The minimum absolute atomic E-state index is 0.0640. The normalized spacial score (nSPS) is 22.7.